The lowest BCUT2D eigenvalue weighted by atomic mass is 9.93. The Morgan fingerprint density at radius 2 is 1.62 bits per heavy atom. The number of fused-ring (bicyclic) bond motifs is 1. The van der Waals surface area contributed by atoms with Crippen molar-refractivity contribution in [2.75, 3.05) is 0 Å². The summed E-state index contributed by atoms with van der Waals surface area (Å²) in [6.07, 6.45) is 13.0. The van der Waals surface area contributed by atoms with Crippen LogP contribution in [0.15, 0.2) is 54.6 Å². The van der Waals surface area contributed by atoms with Gasteiger partial charge in [-0.15, -0.1) is 0 Å². The molecular weight excluding hydrogens is 284 g/mol. The first-order valence-electron chi connectivity index (χ1n) is 8.42. The van der Waals surface area contributed by atoms with E-state index in [9.17, 15) is 0 Å². The molecule has 0 aromatic heterocycles. The normalized spacial score (nSPS) is 36.1. The molecule has 2 heterocycles. The maximum Gasteiger partial charge on any atom is 0.0635 e. The van der Waals surface area contributed by atoms with E-state index in [1.807, 2.05) is 0 Å². The van der Waals surface area contributed by atoms with Crippen LogP contribution in [-0.4, -0.2) is 15.2 Å². The molecule has 0 saturated carbocycles. The Morgan fingerprint density at radius 3 is 2.19 bits per heavy atom. The lowest BCUT2D eigenvalue weighted by molar-refractivity contribution is 0.830. The van der Waals surface area contributed by atoms with Crippen LogP contribution in [0.1, 0.15) is 25.3 Å². The lowest BCUT2D eigenvalue weighted by Crippen LogP contribution is -2.72. The fourth-order valence-corrected chi connectivity index (χ4v) is 20.7. The summed E-state index contributed by atoms with van der Waals surface area (Å²) in [5.41, 5.74) is 2.32. The molecule has 3 aliphatic rings. The molecule has 21 heavy (non-hydrogen) atoms. The topological polar surface area (TPSA) is 0 Å². The largest absolute Gasteiger partial charge is 0.0837 e. The van der Waals surface area contributed by atoms with Gasteiger partial charge in [0.05, 0.1) is 15.2 Å². The Bertz CT molecular complexity index is 556. The van der Waals surface area contributed by atoms with E-state index in [2.05, 4.69) is 81.2 Å². The number of unbranched alkanes of at least 4 members (excludes halogenated alkanes) is 1. The number of hydrogen-bond donors (Lipinski definition) is 0. The highest BCUT2D eigenvalue weighted by molar-refractivity contribution is 7.43. The molecule has 0 N–H and O–H groups in total. The molecule has 112 valence electrons. The molecule has 1 aromatic rings. The molecular formula is C19H28Si2. The molecule has 1 unspecified atom stereocenters. The van der Waals surface area contributed by atoms with Crippen molar-refractivity contribution >= 4 is 15.2 Å². The zero-order valence-corrected chi connectivity index (χ0v) is 15.9. The molecule has 2 heteroatoms. The smallest absolute Gasteiger partial charge is 0.0635 e. The summed E-state index contributed by atoms with van der Waals surface area (Å²) >= 11 is 0. The van der Waals surface area contributed by atoms with Crippen LogP contribution >= 0.6 is 0 Å². The maximum atomic E-state index is 2.71. The fourth-order valence-electron chi connectivity index (χ4n) is 4.65. The van der Waals surface area contributed by atoms with Gasteiger partial charge >= 0.3 is 0 Å². The van der Waals surface area contributed by atoms with Gasteiger partial charge in [0, 0.05) is 5.04 Å². The van der Waals surface area contributed by atoms with Crippen LogP contribution in [0.4, 0.5) is 0 Å². The van der Waals surface area contributed by atoms with Gasteiger partial charge in [0.2, 0.25) is 0 Å². The van der Waals surface area contributed by atoms with Crippen LogP contribution in [0.25, 0.3) is 0 Å². The van der Waals surface area contributed by atoms with E-state index in [0.29, 0.717) is 0 Å². The SMILES string of the molecule is CCCC[Si]1(C)C2C=CC(c3ccccc3)(C=C2)[Si]1(C)C. The van der Waals surface area contributed by atoms with Crippen molar-refractivity contribution < 1.29 is 0 Å². The Labute approximate surface area is 131 Å². The second-order valence-electron chi connectivity index (χ2n) is 7.63. The van der Waals surface area contributed by atoms with E-state index < -0.39 is 15.2 Å². The number of allylic oxidation sites excluding steroid dienone is 4. The number of benzene rings is 1. The molecule has 2 bridgehead atoms. The Hall–Kier alpha value is -0.866. The number of hydrogen-bond acceptors (Lipinski definition) is 0. The van der Waals surface area contributed by atoms with Crippen LogP contribution in [0.5, 0.6) is 0 Å². The van der Waals surface area contributed by atoms with E-state index in [1.165, 1.54) is 24.4 Å². The zero-order chi connectivity index (χ0) is 15.1. The average Bonchev–Trinajstić information content (AvgIpc) is 2.52. The molecule has 0 spiro atoms. The van der Waals surface area contributed by atoms with Gasteiger partial charge in [0.25, 0.3) is 0 Å². The van der Waals surface area contributed by atoms with Crippen molar-refractivity contribution in [3.8, 4) is 0 Å². The Balaban J connectivity index is 2.13. The minimum absolute atomic E-state index is 0.248. The predicted molar refractivity (Wildman–Crippen MR) is 99.0 cm³/mol. The van der Waals surface area contributed by atoms with Crippen LogP contribution in [0.2, 0.25) is 31.2 Å². The summed E-state index contributed by atoms with van der Waals surface area (Å²) in [5, 5.41) is 0.248. The van der Waals surface area contributed by atoms with Gasteiger partial charge in [-0.1, -0.05) is 100 Å². The van der Waals surface area contributed by atoms with E-state index in [0.717, 1.165) is 5.54 Å². The quantitative estimate of drug-likeness (QED) is 0.498. The molecule has 0 saturated heterocycles. The minimum atomic E-state index is -1.39. The minimum Gasteiger partial charge on any atom is -0.0837 e. The molecule has 0 nitrogen and oxygen atoms in total. The Morgan fingerprint density at radius 1 is 1.00 bits per heavy atom. The van der Waals surface area contributed by atoms with Gasteiger partial charge in [0.15, 0.2) is 0 Å². The highest BCUT2D eigenvalue weighted by Gasteiger charge is 2.62. The van der Waals surface area contributed by atoms with Crippen molar-refractivity contribution in [3.63, 3.8) is 0 Å². The third kappa shape index (κ3) is 1.92. The summed E-state index contributed by atoms with van der Waals surface area (Å²) < 4.78 is 0. The molecule has 0 radical (unpaired) electrons. The van der Waals surface area contributed by atoms with Crippen molar-refractivity contribution in [2.24, 2.45) is 0 Å². The van der Waals surface area contributed by atoms with Gasteiger partial charge in [-0.25, -0.2) is 0 Å². The summed E-state index contributed by atoms with van der Waals surface area (Å²) in [4.78, 5) is 0. The molecule has 1 aromatic carbocycles. The monoisotopic (exact) mass is 312 g/mol. The number of rotatable bonds is 4. The fraction of sp³-hybridized carbons (Fsp3) is 0.474. The highest BCUT2D eigenvalue weighted by atomic mass is 29.3. The maximum absolute atomic E-state index is 2.71. The molecule has 1 aliphatic carbocycles. The van der Waals surface area contributed by atoms with Gasteiger partial charge in [-0.2, -0.15) is 0 Å². The van der Waals surface area contributed by atoms with Gasteiger partial charge in [-0.3, -0.25) is 0 Å². The van der Waals surface area contributed by atoms with Gasteiger partial charge in [-0.05, 0) is 11.1 Å². The van der Waals surface area contributed by atoms with Gasteiger partial charge < -0.3 is 0 Å². The molecule has 2 aliphatic heterocycles. The molecule has 0 amide bonds. The second-order valence-corrected chi connectivity index (χ2v) is 22.9. The molecule has 4 rings (SSSR count). The van der Waals surface area contributed by atoms with Crippen LogP contribution in [-0.2, 0) is 5.04 Å². The first-order valence-corrected chi connectivity index (χ1v) is 15.2. The third-order valence-electron chi connectivity index (χ3n) is 6.63. The summed E-state index contributed by atoms with van der Waals surface area (Å²) in [6.45, 7) is 10.4. The van der Waals surface area contributed by atoms with Crippen molar-refractivity contribution in [2.45, 2.75) is 56.0 Å². The van der Waals surface area contributed by atoms with Crippen molar-refractivity contribution in [1.82, 2.24) is 0 Å². The lowest BCUT2D eigenvalue weighted by Gasteiger charge is -2.60. The zero-order valence-electron chi connectivity index (χ0n) is 13.9. The summed E-state index contributed by atoms with van der Waals surface area (Å²) in [7, 11) is -2.64. The first-order chi connectivity index (χ1) is 9.98. The van der Waals surface area contributed by atoms with E-state index in [-0.39, 0.29) is 5.04 Å². The van der Waals surface area contributed by atoms with E-state index >= 15 is 0 Å². The first kappa shape index (κ1) is 15.0. The predicted octanol–water partition coefficient (Wildman–Crippen LogP) is 5.64. The second kappa shape index (κ2) is 5.10. The van der Waals surface area contributed by atoms with Crippen molar-refractivity contribution in [1.29, 1.82) is 0 Å². The highest BCUT2D eigenvalue weighted by Crippen LogP contribution is 2.55. The summed E-state index contributed by atoms with van der Waals surface area (Å²) in [5.74, 6) is 0. The molecule has 1 atom stereocenters. The van der Waals surface area contributed by atoms with Crippen molar-refractivity contribution in [3.05, 3.63) is 60.2 Å². The Kier molecular flexibility index (Phi) is 3.65. The molecule has 0 fully saturated rings. The van der Waals surface area contributed by atoms with Gasteiger partial charge in [0.1, 0.15) is 0 Å². The average molecular weight is 313 g/mol. The standard InChI is InChI=1S/C19H28Si2/c1-5-6-16-21(4)18-12-14-19(15-13-18,20(21,2)3)17-10-8-7-9-11-17/h7-15,18H,5-6,16H2,1-4H3. The third-order valence-corrected chi connectivity index (χ3v) is 27.0. The van der Waals surface area contributed by atoms with E-state index in [1.54, 1.807) is 0 Å². The van der Waals surface area contributed by atoms with Crippen LogP contribution in [0, 0.1) is 0 Å². The van der Waals surface area contributed by atoms with E-state index in [4.69, 9.17) is 0 Å². The van der Waals surface area contributed by atoms with Crippen LogP contribution in [0.3, 0.4) is 0 Å². The van der Waals surface area contributed by atoms with Crippen LogP contribution < -0.4 is 0 Å². The summed E-state index contributed by atoms with van der Waals surface area (Å²) in [6, 6.07) is 12.8.